The Bertz CT molecular complexity index is 285. The summed E-state index contributed by atoms with van der Waals surface area (Å²) in [4.78, 5) is 0. The van der Waals surface area contributed by atoms with Gasteiger partial charge in [0.1, 0.15) is 0 Å². The van der Waals surface area contributed by atoms with E-state index >= 15 is 0 Å². The van der Waals surface area contributed by atoms with E-state index in [1.165, 1.54) is 122 Å². The first-order chi connectivity index (χ1) is 14.2. The second-order valence-electron chi connectivity index (χ2n) is 8.76. The van der Waals surface area contributed by atoms with Crippen LogP contribution in [0.5, 0.6) is 0 Å². The molecule has 3 nitrogen and oxygen atoms in total. The van der Waals surface area contributed by atoms with Crippen LogP contribution in [0.2, 0.25) is 6.04 Å². The van der Waals surface area contributed by atoms with Crippen LogP contribution in [-0.2, 0) is 13.3 Å². The van der Waals surface area contributed by atoms with Crippen LogP contribution >= 0.6 is 0 Å². The third-order valence-electron chi connectivity index (χ3n) is 6.27. The van der Waals surface area contributed by atoms with Gasteiger partial charge >= 0.3 is 8.80 Å². The minimum atomic E-state index is -2.32. The fourth-order valence-electron chi connectivity index (χ4n) is 4.15. The van der Waals surface area contributed by atoms with Gasteiger partial charge in [0.25, 0.3) is 0 Å². The van der Waals surface area contributed by atoms with Gasteiger partial charge in [-0.2, -0.15) is 0 Å². The Hall–Kier alpha value is 0.0969. The van der Waals surface area contributed by atoms with Crippen molar-refractivity contribution in [3.8, 4) is 0 Å². The van der Waals surface area contributed by atoms with Gasteiger partial charge in [-0.3, -0.25) is 0 Å². The van der Waals surface area contributed by atoms with Crippen molar-refractivity contribution in [3.05, 3.63) is 0 Å². The Morgan fingerprint density at radius 2 is 0.724 bits per heavy atom. The molecular weight excluding hydrogens is 376 g/mol. The maximum absolute atomic E-state index is 5.44. The van der Waals surface area contributed by atoms with Gasteiger partial charge in [-0.25, -0.2) is 0 Å². The van der Waals surface area contributed by atoms with Crippen LogP contribution in [0.25, 0.3) is 0 Å². The van der Waals surface area contributed by atoms with Crippen LogP contribution < -0.4 is 0 Å². The standard InChI is InChI=1S/C19H42O3Si.C6H12/c1-5-6-7-8-9-10-11-12-13-14-15-16-17-18-19-23(20-2,21-3)22-4;1-2-4-6-5-3-1/h5-19H2,1-4H3;1-6H2. The highest BCUT2D eigenvalue weighted by Gasteiger charge is 2.36. The molecule has 0 heterocycles. The highest BCUT2D eigenvalue weighted by Crippen LogP contribution is 2.19. The van der Waals surface area contributed by atoms with Crippen LogP contribution in [0, 0.1) is 0 Å². The van der Waals surface area contributed by atoms with Crippen molar-refractivity contribution in [3.63, 3.8) is 0 Å². The van der Waals surface area contributed by atoms with E-state index < -0.39 is 8.80 Å². The second kappa shape index (κ2) is 22.8. The van der Waals surface area contributed by atoms with E-state index in [9.17, 15) is 0 Å². The van der Waals surface area contributed by atoms with Gasteiger partial charge in [0.15, 0.2) is 0 Å². The zero-order chi connectivity index (χ0) is 21.5. The Morgan fingerprint density at radius 3 is 1.00 bits per heavy atom. The van der Waals surface area contributed by atoms with Gasteiger partial charge < -0.3 is 13.3 Å². The van der Waals surface area contributed by atoms with Crippen LogP contribution in [0.15, 0.2) is 0 Å². The predicted octanol–water partition coefficient (Wildman–Crippen LogP) is 8.69. The molecule has 0 atom stereocenters. The lowest BCUT2D eigenvalue weighted by Gasteiger charge is -2.24. The summed E-state index contributed by atoms with van der Waals surface area (Å²) in [5.41, 5.74) is 0. The van der Waals surface area contributed by atoms with E-state index in [2.05, 4.69) is 6.92 Å². The van der Waals surface area contributed by atoms with E-state index in [0.717, 1.165) is 12.5 Å². The molecule has 0 aromatic carbocycles. The zero-order valence-corrected chi connectivity index (χ0v) is 21.6. The van der Waals surface area contributed by atoms with Gasteiger partial charge in [0.05, 0.1) is 0 Å². The van der Waals surface area contributed by atoms with E-state index in [-0.39, 0.29) is 0 Å². The summed E-state index contributed by atoms with van der Waals surface area (Å²) in [6, 6.07) is 0.939. The summed E-state index contributed by atoms with van der Waals surface area (Å²) in [5.74, 6) is 0. The van der Waals surface area contributed by atoms with Crippen LogP contribution in [0.4, 0.5) is 0 Å². The molecule has 0 saturated heterocycles. The van der Waals surface area contributed by atoms with Gasteiger partial charge in [0.2, 0.25) is 0 Å². The summed E-state index contributed by atoms with van der Waals surface area (Å²) in [6.45, 7) is 2.28. The molecule has 0 amide bonds. The molecule has 1 fully saturated rings. The molecule has 0 unspecified atom stereocenters. The third kappa shape index (κ3) is 18.6. The maximum atomic E-state index is 5.44. The third-order valence-corrected chi connectivity index (χ3v) is 9.10. The Kier molecular flexibility index (Phi) is 22.9. The fourth-order valence-corrected chi connectivity index (χ4v) is 5.95. The first kappa shape index (κ1) is 29.1. The molecule has 29 heavy (non-hydrogen) atoms. The van der Waals surface area contributed by atoms with Gasteiger partial charge in [0, 0.05) is 27.4 Å². The van der Waals surface area contributed by atoms with Crippen LogP contribution in [0.3, 0.4) is 0 Å². The van der Waals surface area contributed by atoms with Crippen molar-refractivity contribution in [2.45, 2.75) is 141 Å². The van der Waals surface area contributed by atoms with E-state index in [1.807, 2.05) is 0 Å². The van der Waals surface area contributed by atoms with Crippen molar-refractivity contribution in [2.75, 3.05) is 21.3 Å². The molecule has 176 valence electrons. The molecule has 1 saturated carbocycles. The highest BCUT2D eigenvalue weighted by molar-refractivity contribution is 6.60. The molecule has 1 aliphatic rings. The quantitative estimate of drug-likeness (QED) is 0.161. The lowest BCUT2D eigenvalue weighted by Crippen LogP contribution is -2.42. The summed E-state index contributed by atoms with van der Waals surface area (Å²) < 4.78 is 16.3. The molecule has 0 aromatic heterocycles. The number of hydrogen-bond acceptors (Lipinski definition) is 3. The highest BCUT2D eigenvalue weighted by atomic mass is 28.4. The van der Waals surface area contributed by atoms with Crippen molar-refractivity contribution in [1.82, 2.24) is 0 Å². The van der Waals surface area contributed by atoms with E-state index in [4.69, 9.17) is 13.3 Å². The zero-order valence-electron chi connectivity index (χ0n) is 20.6. The molecule has 0 aliphatic heterocycles. The van der Waals surface area contributed by atoms with Gasteiger partial charge in [-0.05, 0) is 6.42 Å². The second-order valence-corrected chi connectivity index (χ2v) is 11.9. The smallest absolute Gasteiger partial charge is 0.377 e. The van der Waals surface area contributed by atoms with Crippen molar-refractivity contribution in [1.29, 1.82) is 0 Å². The molecule has 4 heteroatoms. The normalized spacial score (nSPS) is 14.5. The summed E-state index contributed by atoms with van der Waals surface area (Å²) in [7, 11) is 2.77. The van der Waals surface area contributed by atoms with Crippen LogP contribution in [0.1, 0.15) is 135 Å². The molecule has 0 spiro atoms. The van der Waals surface area contributed by atoms with Gasteiger partial charge in [-0.15, -0.1) is 0 Å². The average Bonchev–Trinajstić information content (AvgIpc) is 2.79. The SMILES string of the molecule is C1CCCCC1.CCCCCCCCCCCCCCCC[Si](OC)(OC)OC. The predicted molar refractivity (Wildman–Crippen MR) is 130 cm³/mol. The molecule has 0 bridgehead atoms. The monoisotopic (exact) mass is 430 g/mol. The minimum absolute atomic E-state index is 0.939. The fraction of sp³-hybridized carbons (Fsp3) is 1.00. The van der Waals surface area contributed by atoms with Crippen molar-refractivity contribution < 1.29 is 13.3 Å². The molecular formula is C25H54O3Si. The van der Waals surface area contributed by atoms with E-state index in [0.29, 0.717) is 0 Å². The van der Waals surface area contributed by atoms with Gasteiger partial charge in [-0.1, -0.05) is 129 Å². The summed E-state index contributed by atoms with van der Waals surface area (Å²) in [6.07, 6.45) is 28.4. The first-order valence-electron chi connectivity index (χ1n) is 12.9. The number of unbranched alkanes of at least 4 members (excludes halogenated alkanes) is 13. The largest absolute Gasteiger partial charge is 0.500 e. The minimum Gasteiger partial charge on any atom is -0.377 e. The summed E-state index contributed by atoms with van der Waals surface area (Å²) >= 11 is 0. The molecule has 1 rings (SSSR count). The Morgan fingerprint density at radius 1 is 0.448 bits per heavy atom. The molecule has 1 aliphatic carbocycles. The van der Waals surface area contributed by atoms with Crippen LogP contribution in [-0.4, -0.2) is 30.1 Å². The molecule has 0 radical (unpaired) electrons. The number of rotatable bonds is 18. The lowest BCUT2D eigenvalue weighted by atomic mass is 10.0. The Balaban J connectivity index is 0.00000110. The Labute approximate surface area is 185 Å². The molecule has 0 N–H and O–H groups in total. The number of hydrogen-bond donors (Lipinski definition) is 0. The average molecular weight is 431 g/mol. The van der Waals surface area contributed by atoms with Crippen molar-refractivity contribution >= 4 is 8.80 Å². The summed E-state index contributed by atoms with van der Waals surface area (Å²) in [5, 5.41) is 0. The maximum Gasteiger partial charge on any atom is 0.500 e. The lowest BCUT2D eigenvalue weighted by molar-refractivity contribution is 0.122. The topological polar surface area (TPSA) is 27.7 Å². The van der Waals surface area contributed by atoms with Crippen molar-refractivity contribution in [2.24, 2.45) is 0 Å². The first-order valence-corrected chi connectivity index (χ1v) is 14.8. The van der Waals surface area contributed by atoms with E-state index in [1.54, 1.807) is 21.3 Å². The molecule has 0 aromatic rings.